The van der Waals surface area contributed by atoms with Gasteiger partial charge in [-0.25, -0.2) is 0 Å². The predicted octanol–water partition coefficient (Wildman–Crippen LogP) is 5.27. The minimum Gasteiger partial charge on any atom is -0.367 e. The van der Waals surface area contributed by atoms with Crippen LogP contribution in [0.25, 0.3) is 0 Å². The average molecular weight is 482 g/mol. The number of benzene rings is 3. The molecule has 2 heterocycles. The number of para-hydroxylation sites is 2. The molecule has 8 heteroatoms. The SMILES string of the molecule is Cc1nn(Cc2ccc(C(=O)Nc3ccccc3CN3CCc4ccccc43)cc2)c(C)c1[N+](=O)[O-]. The Kier molecular flexibility index (Phi) is 6.25. The first-order valence-electron chi connectivity index (χ1n) is 11.9. The van der Waals surface area contributed by atoms with Crippen molar-refractivity contribution >= 4 is 23.0 Å². The summed E-state index contributed by atoms with van der Waals surface area (Å²) in [5.74, 6) is -0.183. The Hall–Kier alpha value is -4.46. The van der Waals surface area contributed by atoms with Gasteiger partial charge in [0, 0.05) is 30.0 Å². The van der Waals surface area contributed by atoms with Crippen molar-refractivity contribution in [2.24, 2.45) is 0 Å². The van der Waals surface area contributed by atoms with Gasteiger partial charge in [-0.2, -0.15) is 5.10 Å². The maximum absolute atomic E-state index is 13.0. The zero-order valence-corrected chi connectivity index (χ0v) is 20.3. The van der Waals surface area contributed by atoms with E-state index in [2.05, 4.69) is 39.6 Å². The van der Waals surface area contributed by atoms with Crippen molar-refractivity contribution < 1.29 is 9.72 Å². The van der Waals surface area contributed by atoms with Crippen molar-refractivity contribution in [2.75, 3.05) is 16.8 Å². The highest BCUT2D eigenvalue weighted by molar-refractivity contribution is 6.04. The second kappa shape index (κ2) is 9.65. The van der Waals surface area contributed by atoms with E-state index in [0.29, 0.717) is 23.5 Å². The fourth-order valence-electron chi connectivity index (χ4n) is 4.79. The molecule has 0 aliphatic carbocycles. The molecule has 0 spiro atoms. The number of fused-ring (bicyclic) bond motifs is 1. The highest BCUT2D eigenvalue weighted by Crippen LogP contribution is 2.30. The molecule has 1 aromatic heterocycles. The Bertz CT molecular complexity index is 1440. The Morgan fingerprint density at radius 2 is 1.72 bits per heavy atom. The van der Waals surface area contributed by atoms with Gasteiger partial charge in [-0.15, -0.1) is 0 Å². The molecule has 0 radical (unpaired) electrons. The number of nitrogens with one attached hydrogen (secondary N) is 1. The Morgan fingerprint density at radius 3 is 2.47 bits per heavy atom. The molecule has 0 unspecified atom stereocenters. The molecular formula is C28H27N5O3. The molecule has 1 aliphatic rings. The van der Waals surface area contributed by atoms with Gasteiger partial charge in [0.1, 0.15) is 11.4 Å². The van der Waals surface area contributed by atoms with E-state index in [1.807, 2.05) is 36.4 Å². The topological polar surface area (TPSA) is 93.3 Å². The molecule has 8 nitrogen and oxygen atoms in total. The van der Waals surface area contributed by atoms with E-state index in [9.17, 15) is 14.9 Å². The smallest absolute Gasteiger partial charge is 0.312 e. The van der Waals surface area contributed by atoms with E-state index in [1.54, 1.807) is 30.7 Å². The predicted molar refractivity (Wildman–Crippen MR) is 139 cm³/mol. The summed E-state index contributed by atoms with van der Waals surface area (Å²) in [7, 11) is 0. The van der Waals surface area contributed by atoms with Crippen molar-refractivity contribution in [1.29, 1.82) is 0 Å². The van der Waals surface area contributed by atoms with E-state index in [-0.39, 0.29) is 11.6 Å². The number of aryl methyl sites for hydroxylation is 1. The van der Waals surface area contributed by atoms with Gasteiger partial charge in [0.25, 0.3) is 5.91 Å². The van der Waals surface area contributed by atoms with Crippen LogP contribution in [0.15, 0.2) is 72.8 Å². The van der Waals surface area contributed by atoms with Crippen molar-refractivity contribution in [1.82, 2.24) is 9.78 Å². The summed E-state index contributed by atoms with van der Waals surface area (Å²) in [6.45, 7) is 5.40. The molecule has 0 fully saturated rings. The van der Waals surface area contributed by atoms with Gasteiger partial charge in [0.15, 0.2) is 0 Å². The van der Waals surface area contributed by atoms with Crippen LogP contribution in [0.1, 0.15) is 38.4 Å². The van der Waals surface area contributed by atoms with Crippen LogP contribution in [0.5, 0.6) is 0 Å². The third-order valence-electron chi connectivity index (χ3n) is 6.68. The maximum Gasteiger partial charge on any atom is 0.312 e. The molecular weight excluding hydrogens is 454 g/mol. The summed E-state index contributed by atoms with van der Waals surface area (Å²) in [5, 5.41) is 18.6. The average Bonchev–Trinajstić information content (AvgIpc) is 3.40. The van der Waals surface area contributed by atoms with Gasteiger partial charge >= 0.3 is 5.69 Å². The largest absolute Gasteiger partial charge is 0.367 e. The molecule has 5 rings (SSSR count). The summed E-state index contributed by atoms with van der Waals surface area (Å²) in [4.78, 5) is 26.2. The molecule has 4 aromatic rings. The first-order chi connectivity index (χ1) is 17.4. The van der Waals surface area contributed by atoms with Crippen LogP contribution in [0.4, 0.5) is 17.1 Å². The van der Waals surface area contributed by atoms with Crippen LogP contribution in [-0.4, -0.2) is 27.2 Å². The van der Waals surface area contributed by atoms with Crippen LogP contribution in [0, 0.1) is 24.0 Å². The molecule has 0 bridgehead atoms. The lowest BCUT2D eigenvalue weighted by atomic mass is 10.1. The van der Waals surface area contributed by atoms with Crippen LogP contribution in [0.3, 0.4) is 0 Å². The van der Waals surface area contributed by atoms with Crippen LogP contribution in [0.2, 0.25) is 0 Å². The third kappa shape index (κ3) is 4.57. The molecule has 1 amide bonds. The zero-order chi connectivity index (χ0) is 25.2. The van der Waals surface area contributed by atoms with Crippen molar-refractivity contribution in [3.63, 3.8) is 0 Å². The van der Waals surface area contributed by atoms with Crippen LogP contribution in [-0.2, 0) is 19.5 Å². The number of anilines is 2. The number of aromatic nitrogens is 2. The van der Waals surface area contributed by atoms with Gasteiger partial charge in [0.05, 0.1) is 11.5 Å². The molecule has 3 aromatic carbocycles. The molecule has 0 atom stereocenters. The molecule has 36 heavy (non-hydrogen) atoms. The fourth-order valence-corrected chi connectivity index (χ4v) is 4.79. The van der Waals surface area contributed by atoms with Crippen LogP contribution < -0.4 is 10.2 Å². The molecule has 0 saturated carbocycles. The number of hydrogen-bond acceptors (Lipinski definition) is 5. The summed E-state index contributed by atoms with van der Waals surface area (Å²) in [6.07, 6.45) is 1.03. The maximum atomic E-state index is 13.0. The van der Waals surface area contributed by atoms with Crippen molar-refractivity contribution in [2.45, 2.75) is 33.4 Å². The third-order valence-corrected chi connectivity index (χ3v) is 6.68. The Labute approximate surface area is 209 Å². The number of nitrogens with zero attached hydrogens (tertiary/aromatic N) is 4. The highest BCUT2D eigenvalue weighted by Gasteiger charge is 2.22. The van der Waals surface area contributed by atoms with Crippen molar-refractivity contribution in [3.8, 4) is 0 Å². The van der Waals surface area contributed by atoms with Gasteiger partial charge in [0.2, 0.25) is 0 Å². The van der Waals surface area contributed by atoms with Crippen molar-refractivity contribution in [3.05, 3.63) is 117 Å². The van der Waals surface area contributed by atoms with E-state index in [0.717, 1.165) is 36.3 Å². The van der Waals surface area contributed by atoms with E-state index in [4.69, 9.17) is 0 Å². The number of carbonyl (C=O) groups is 1. The summed E-state index contributed by atoms with van der Waals surface area (Å²) in [5.41, 5.74) is 6.86. The molecule has 0 saturated heterocycles. The second-order valence-corrected chi connectivity index (χ2v) is 9.04. The first-order valence-corrected chi connectivity index (χ1v) is 11.9. The minimum atomic E-state index is -0.401. The van der Waals surface area contributed by atoms with Gasteiger partial charge in [-0.1, -0.05) is 48.5 Å². The zero-order valence-electron chi connectivity index (χ0n) is 20.3. The second-order valence-electron chi connectivity index (χ2n) is 9.04. The summed E-state index contributed by atoms with van der Waals surface area (Å²) < 4.78 is 1.62. The quantitative estimate of drug-likeness (QED) is 0.287. The Morgan fingerprint density at radius 1 is 1.00 bits per heavy atom. The first kappa shape index (κ1) is 23.3. The van der Waals surface area contributed by atoms with Gasteiger partial charge in [-0.05, 0) is 61.2 Å². The monoisotopic (exact) mass is 481 g/mol. The Balaban J connectivity index is 1.28. The van der Waals surface area contributed by atoms with Crippen LogP contribution >= 0.6 is 0 Å². The summed E-state index contributed by atoms with van der Waals surface area (Å²) >= 11 is 0. The number of carbonyl (C=O) groups excluding carboxylic acids is 1. The fraction of sp³-hybridized carbons (Fsp3) is 0.214. The number of rotatable bonds is 7. The summed E-state index contributed by atoms with van der Waals surface area (Å²) in [6, 6.07) is 23.6. The van der Waals surface area contributed by atoms with Gasteiger partial charge in [-0.3, -0.25) is 19.6 Å². The minimum absolute atomic E-state index is 0.0436. The molecule has 1 aliphatic heterocycles. The lowest BCUT2D eigenvalue weighted by Gasteiger charge is -2.21. The molecule has 1 N–H and O–H groups in total. The number of amides is 1. The van der Waals surface area contributed by atoms with E-state index >= 15 is 0 Å². The normalized spacial score (nSPS) is 12.4. The number of nitro groups is 1. The molecule has 182 valence electrons. The van der Waals surface area contributed by atoms with E-state index < -0.39 is 4.92 Å². The lowest BCUT2D eigenvalue weighted by molar-refractivity contribution is -0.386. The van der Waals surface area contributed by atoms with Gasteiger partial charge < -0.3 is 10.2 Å². The lowest BCUT2D eigenvalue weighted by Crippen LogP contribution is -2.21. The van der Waals surface area contributed by atoms with E-state index in [1.165, 1.54) is 11.3 Å². The standard InChI is InChI=1S/C28H27N5O3/c1-19-27(33(35)36)20(2)32(30-19)17-21-11-13-23(14-12-21)28(34)29-25-9-5-3-8-24(25)18-31-16-15-22-7-4-6-10-26(22)31/h3-14H,15-18H2,1-2H3,(H,29,34). The number of hydrogen-bond donors (Lipinski definition) is 1. The highest BCUT2D eigenvalue weighted by atomic mass is 16.6.